The first-order valence-electron chi connectivity index (χ1n) is 2.48. The van der Waals surface area contributed by atoms with Crippen molar-refractivity contribution in [2.75, 3.05) is 0 Å². The van der Waals surface area contributed by atoms with Crippen LogP contribution in [-0.2, 0) is 0 Å². The van der Waals surface area contributed by atoms with Gasteiger partial charge in [-0.3, -0.25) is 4.98 Å². The van der Waals surface area contributed by atoms with Gasteiger partial charge in [0, 0.05) is 6.20 Å². The molecule has 0 saturated carbocycles. The van der Waals surface area contributed by atoms with E-state index < -0.39 is 0 Å². The molecular formula is C6H5ClFN. The lowest BCUT2D eigenvalue weighted by atomic mass is 10.4. The molecule has 0 radical (unpaired) electrons. The second-order valence-electron chi connectivity index (χ2n) is 1.72. The largest absolute Gasteiger partial charge is 0.257 e. The Balaban J connectivity index is 3.17. The summed E-state index contributed by atoms with van der Waals surface area (Å²) in [5.41, 5.74) is 0.374. The fourth-order valence-electron chi connectivity index (χ4n) is 0.483. The molecule has 0 aliphatic rings. The first-order valence-corrected chi connectivity index (χ1v) is 2.85. The van der Waals surface area contributed by atoms with Crippen molar-refractivity contribution in [2.45, 2.75) is 6.92 Å². The van der Waals surface area contributed by atoms with E-state index in [1.165, 1.54) is 12.3 Å². The summed E-state index contributed by atoms with van der Waals surface area (Å²) in [5, 5.41) is 0.332. The average molecular weight is 146 g/mol. The Bertz CT molecular complexity index is 224. The van der Waals surface area contributed by atoms with E-state index in [9.17, 15) is 4.39 Å². The molecule has 3 heteroatoms. The van der Waals surface area contributed by atoms with Crippen LogP contribution in [0.1, 0.15) is 5.69 Å². The van der Waals surface area contributed by atoms with Crippen molar-refractivity contribution >= 4 is 11.6 Å². The van der Waals surface area contributed by atoms with E-state index in [1.807, 2.05) is 0 Å². The van der Waals surface area contributed by atoms with Crippen molar-refractivity contribution in [3.05, 3.63) is 28.8 Å². The number of hydrogen-bond donors (Lipinski definition) is 0. The lowest BCUT2D eigenvalue weighted by Crippen LogP contribution is -1.84. The predicted octanol–water partition coefficient (Wildman–Crippen LogP) is 2.18. The van der Waals surface area contributed by atoms with Crippen molar-refractivity contribution in [3.63, 3.8) is 0 Å². The van der Waals surface area contributed by atoms with E-state index in [1.54, 1.807) is 6.92 Å². The third-order valence-electron chi connectivity index (χ3n) is 0.992. The first-order chi connectivity index (χ1) is 4.20. The third kappa shape index (κ3) is 1.39. The summed E-state index contributed by atoms with van der Waals surface area (Å²) in [7, 11) is 0. The molecule has 0 fully saturated rings. The first kappa shape index (κ1) is 6.49. The number of rotatable bonds is 0. The number of nitrogens with zero attached hydrogens (tertiary/aromatic N) is 1. The minimum atomic E-state index is -0.359. The molecule has 1 aromatic rings. The molecule has 0 aliphatic heterocycles. The van der Waals surface area contributed by atoms with Crippen molar-refractivity contribution in [1.29, 1.82) is 0 Å². The summed E-state index contributed by atoms with van der Waals surface area (Å²) >= 11 is 5.41. The van der Waals surface area contributed by atoms with Gasteiger partial charge in [-0.05, 0) is 13.0 Å². The van der Waals surface area contributed by atoms with Crippen LogP contribution in [0, 0.1) is 12.7 Å². The smallest absolute Gasteiger partial charge is 0.145 e. The van der Waals surface area contributed by atoms with E-state index >= 15 is 0 Å². The number of hydrogen-bond acceptors (Lipinski definition) is 1. The summed E-state index contributed by atoms with van der Waals surface area (Å²) < 4.78 is 12.4. The zero-order valence-electron chi connectivity index (χ0n) is 4.86. The van der Waals surface area contributed by atoms with Crippen LogP contribution in [0.5, 0.6) is 0 Å². The topological polar surface area (TPSA) is 12.9 Å². The molecule has 0 aromatic carbocycles. The van der Waals surface area contributed by atoms with Gasteiger partial charge in [0.1, 0.15) is 5.82 Å². The highest BCUT2D eigenvalue weighted by atomic mass is 35.5. The molecule has 0 N–H and O–H groups in total. The van der Waals surface area contributed by atoms with Gasteiger partial charge >= 0.3 is 0 Å². The maximum Gasteiger partial charge on any atom is 0.145 e. The van der Waals surface area contributed by atoms with Crippen LogP contribution in [-0.4, -0.2) is 4.98 Å². The minimum Gasteiger partial charge on any atom is -0.257 e. The Morgan fingerprint density at radius 1 is 1.67 bits per heavy atom. The lowest BCUT2D eigenvalue weighted by Gasteiger charge is -1.92. The van der Waals surface area contributed by atoms with E-state index in [-0.39, 0.29) is 5.82 Å². The van der Waals surface area contributed by atoms with Gasteiger partial charge in [-0.15, -0.1) is 0 Å². The number of halogens is 2. The molecule has 1 rings (SSSR count). The second kappa shape index (κ2) is 2.31. The zero-order chi connectivity index (χ0) is 6.85. The Hall–Kier alpha value is -0.630. The Kier molecular flexibility index (Phi) is 1.67. The lowest BCUT2D eigenvalue weighted by molar-refractivity contribution is 0.610. The molecule has 0 amide bonds. The summed E-state index contributed by atoms with van der Waals surface area (Å²) in [6.45, 7) is 1.59. The second-order valence-corrected chi connectivity index (χ2v) is 2.16. The molecule has 1 nitrogen and oxygen atoms in total. The van der Waals surface area contributed by atoms with E-state index in [4.69, 9.17) is 11.6 Å². The van der Waals surface area contributed by atoms with Crippen molar-refractivity contribution < 1.29 is 4.39 Å². The molecule has 48 valence electrons. The minimum absolute atomic E-state index is 0.332. The Morgan fingerprint density at radius 2 is 2.33 bits per heavy atom. The fourth-order valence-corrected chi connectivity index (χ4v) is 0.628. The van der Waals surface area contributed by atoms with Gasteiger partial charge in [-0.1, -0.05) is 11.6 Å². The maximum atomic E-state index is 12.4. The van der Waals surface area contributed by atoms with Crippen LogP contribution >= 0.6 is 11.6 Å². The monoisotopic (exact) mass is 145 g/mol. The summed E-state index contributed by atoms with van der Waals surface area (Å²) in [5.74, 6) is -0.359. The van der Waals surface area contributed by atoms with Crippen LogP contribution in [0.3, 0.4) is 0 Å². The molecule has 9 heavy (non-hydrogen) atoms. The highest BCUT2D eigenvalue weighted by Gasteiger charge is 1.96. The molecule has 0 atom stereocenters. The fraction of sp³-hybridized carbons (Fsp3) is 0.167. The predicted molar refractivity (Wildman–Crippen MR) is 33.9 cm³/mol. The number of aryl methyl sites for hydroxylation is 1. The van der Waals surface area contributed by atoms with E-state index in [2.05, 4.69) is 4.98 Å². The van der Waals surface area contributed by atoms with Gasteiger partial charge in [0.2, 0.25) is 0 Å². The van der Waals surface area contributed by atoms with Gasteiger partial charge in [0.25, 0.3) is 0 Å². The maximum absolute atomic E-state index is 12.4. The normalized spacial score (nSPS) is 9.67. The van der Waals surface area contributed by atoms with Gasteiger partial charge in [-0.2, -0.15) is 0 Å². The van der Waals surface area contributed by atoms with Crippen LogP contribution in [0.4, 0.5) is 4.39 Å². The van der Waals surface area contributed by atoms with Crippen LogP contribution in [0.2, 0.25) is 5.02 Å². The Morgan fingerprint density at radius 3 is 2.78 bits per heavy atom. The average Bonchev–Trinajstić information content (AvgIpc) is 1.80. The van der Waals surface area contributed by atoms with Crippen LogP contribution in [0.25, 0.3) is 0 Å². The third-order valence-corrected chi connectivity index (χ3v) is 1.20. The highest BCUT2D eigenvalue weighted by molar-refractivity contribution is 6.30. The summed E-state index contributed by atoms with van der Waals surface area (Å²) in [6, 6.07) is 1.24. The molecule has 0 aliphatic carbocycles. The SMILES string of the molecule is Cc1ncc(Cl)cc1F. The number of pyridine rings is 1. The molecular weight excluding hydrogens is 141 g/mol. The highest BCUT2D eigenvalue weighted by Crippen LogP contribution is 2.09. The van der Waals surface area contributed by atoms with Gasteiger partial charge in [0.05, 0.1) is 10.7 Å². The van der Waals surface area contributed by atoms with E-state index in [0.29, 0.717) is 10.7 Å². The van der Waals surface area contributed by atoms with Crippen LogP contribution in [0.15, 0.2) is 12.3 Å². The molecule has 1 heterocycles. The van der Waals surface area contributed by atoms with Crippen molar-refractivity contribution in [3.8, 4) is 0 Å². The van der Waals surface area contributed by atoms with Gasteiger partial charge in [-0.25, -0.2) is 4.39 Å². The number of aromatic nitrogens is 1. The molecule has 0 bridgehead atoms. The quantitative estimate of drug-likeness (QED) is 0.545. The molecule has 0 saturated heterocycles. The van der Waals surface area contributed by atoms with Gasteiger partial charge in [0.15, 0.2) is 0 Å². The summed E-state index contributed by atoms with van der Waals surface area (Å²) in [6.07, 6.45) is 1.42. The van der Waals surface area contributed by atoms with E-state index in [0.717, 1.165) is 0 Å². The van der Waals surface area contributed by atoms with Gasteiger partial charge < -0.3 is 0 Å². The van der Waals surface area contributed by atoms with Crippen LogP contribution < -0.4 is 0 Å². The molecule has 0 unspecified atom stereocenters. The zero-order valence-corrected chi connectivity index (χ0v) is 5.61. The van der Waals surface area contributed by atoms with Crippen molar-refractivity contribution in [2.24, 2.45) is 0 Å². The standard InChI is InChI=1S/C6H5ClFN/c1-4-6(8)2-5(7)3-9-4/h2-3H,1H3. The molecule has 1 aromatic heterocycles. The van der Waals surface area contributed by atoms with Crippen molar-refractivity contribution in [1.82, 2.24) is 4.98 Å². The Labute approximate surface area is 57.5 Å². The summed E-state index contributed by atoms with van der Waals surface area (Å²) in [4.78, 5) is 3.67. The molecule has 0 spiro atoms.